The van der Waals surface area contributed by atoms with Gasteiger partial charge in [-0.3, -0.25) is 0 Å². The second-order valence-corrected chi connectivity index (χ2v) is 9.56. The number of thioether (sulfide) groups is 1. The maximum atomic E-state index is 5.91. The molecule has 0 bridgehead atoms. The van der Waals surface area contributed by atoms with Crippen molar-refractivity contribution >= 4 is 39.6 Å². The van der Waals surface area contributed by atoms with Crippen LogP contribution in [0.2, 0.25) is 0 Å². The Morgan fingerprint density at radius 2 is 1.23 bits per heavy atom. The predicted molar refractivity (Wildman–Crippen MR) is 168 cm³/mol. The number of hydrogen-bond acceptors (Lipinski definition) is 5. The maximum absolute atomic E-state index is 5.91. The van der Waals surface area contributed by atoms with Crippen LogP contribution < -0.4 is 14.2 Å². The van der Waals surface area contributed by atoms with Gasteiger partial charge in [-0.05, 0) is 60.0 Å². The molecule has 0 fully saturated rings. The first-order valence-electron chi connectivity index (χ1n) is 12.7. The highest BCUT2D eigenvalue weighted by molar-refractivity contribution is 8.93. The minimum Gasteiger partial charge on any atom is -0.497 e. The van der Waals surface area contributed by atoms with Crippen molar-refractivity contribution in [2.24, 2.45) is 4.99 Å². The van der Waals surface area contributed by atoms with Gasteiger partial charge in [0.1, 0.15) is 22.9 Å². The Morgan fingerprint density at radius 1 is 0.692 bits per heavy atom. The minimum atomic E-state index is 0. The topological polar surface area (TPSA) is 43.3 Å². The van der Waals surface area contributed by atoms with E-state index >= 15 is 0 Å². The number of methoxy groups -OCH3 is 2. The highest BCUT2D eigenvalue weighted by atomic mass is 79.9. The molecule has 0 heterocycles. The lowest BCUT2D eigenvalue weighted by atomic mass is 10.1. The van der Waals surface area contributed by atoms with E-state index in [1.54, 1.807) is 26.0 Å². The van der Waals surface area contributed by atoms with Crippen LogP contribution in [0, 0.1) is 0 Å². The smallest absolute Gasteiger partial charge is 0.165 e. The van der Waals surface area contributed by atoms with Gasteiger partial charge in [-0.25, -0.2) is 4.99 Å². The molecule has 4 rings (SSSR count). The van der Waals surface area contributed by atoms with Crippen molar-refractivity contribution in [3.8, 4) is 17.2 Å². The molecule has 0 saturated heterocycles. The Balaban J connectivity index is 0.00000420. The SMILES string of the molecule is Br.CCOc1ccccc1N=C(SCc1ccccc1)N(Cc1ccc(OC)cc1)Cc1ccc(OC)cc1. The fraction of sp³-hybridized carbons (Fsp3) is 0.219. The number of rotatable bonds is 11. The Bertz CT molecular complexity index is 1250. The van der Waals surface area contributed by atoms with E-state index in [1.165, 1.54) is 16.7 Å². The van der Waals surface area contributed by atoms with E-state index in [0.29, 0.717) is 19.7 Å². The second kappa shape index (κ2) is 15.9. The van der Waals surface area contributed by atoms with E-state index in [9.17, 15) is 0 Å². The highest BCUT2D eigenvalue weighted by Gasteiger charge is 2.16. The number of amidine groups is 1. The molecule has 0 aliphatic rings. The van der Waals surface area contributed by atoms with Gasteiger partial charge in [-0.2, -0.15) is 0 Å². The van der Waals surface area contributed by atoms with Gasteiger partial charge in [0.05, 0.1) is 20.8 Å². The lowest BCUT2D eigenvalue weighted by Gasteiger charge is -2.27. The average molecular weight is 608 g/mol. The van der Waals surface area contributed by atoms with Crippen molar-refractivity contribution in [3.05, 3.63) is 120 Å². The summed E-state index contributed by atoms with van der Waals surface area (Å²) in [4.78, 5) is 7.50. The summed E-state index contributed by atoms with van der Waals surface area (Å²) in [5.74, 6) is 3.27. The summed E-state index contributed by atoms with van der Waals surface area (Å²) in [5, 5.41) is 0.924. The first-order valence-corrected chi connectivity index (χ1v) is 13.6. The zero-order valence-corrected chi connectivity index (χ0v) is 25.1. The van der Waals surface area contributed by atoms with E-state index in [1.807, 2.05) is 61.5 Å². The van der Waals surface area contributed by atoms with Crippen LogP contribution in [0.4, 0.5) is 5.69 Å². The fourth-order valence-corrected chi connectivity index (χ4v) is 4.90. The molecule has 204 valence electrons. The van der Waals surface area contributed by atoms with Crippen LogP contribution in [0.5, 0.6) is 17.2 Å². The Hall–Kier alpha value is -3.42. The third kappa shape index (κ3) is 9.08. The standard InChI is InChI=1S/C32H34N2O3S.BrH/c1-4-37-31-13-9-8-12-30(31)33-32(38-24-27-10-6-5-7-11-27)34(22-25-14-18-28(35-2)19-15-25)23-26-16-20-29(36-3)21-17-26;/h5-21H,4,22-24H2,1-3H3;1H. The van der Waals surface area contributed by atoms with E-state index in [2.05, 4.69) is 53.4 Å². The molecule has 0 aromatic heterocycles. The van der Waals surface area contributed by atoms with Gasteiger partial charge < -0.3 is 19.1 Å². The number of para-hydroxylation sites is 2. The van der Waals surface area contributed by atoms with Crippen molar-refractivity contribution in [1.82, 2.24) is 4.90 Å². The average Bonchev–Trinajstić information content (AvgIpc) is 2.97. The number of ether oxygens (including phenoxy) is 3. The molecule has 5 nitrogen and oxygen atoms in total. The van der Waals surface area contributed by atoms with Crippen LogP contribution in [-0.4, -0.2) is 30.9 Å². The quantitative estimate of drug-likeness (QED) is 0.127. The molecule has 0 atom stereocenters. The Labute approximate surface area is 246 Å². The first kappa shape index (κ1) is 30.1. The number of hydrogen-bond donors (Lipinski definition) is 0. The van der Waals surface area contributed by atoms with Gasteiger partial charge >= 0.3 is 0 Å². The lowest BCUT2D eigenvalue weighted by Crippen LogP contribution is -2.28. The third-order valence-corrected chi connectivity index (χ3v) is 7.01. The van der Waals surface area contributed by atoms with Crippen molar-refractivity contribution in [3.63, 3.8) is 0 Å². The summed E-state index contributed by atoms with van der Waals surface area (Å²) in [6.07, 6.45) is 0. The molecule has 0 amide bonds. The molecule has 0 spiro atoms. The maximum Gasteiger partial charge on any atom is 0.165 e. The zero-order chi connectivity index (χ0) is 26.6. The molecule has 4 aromatic carbocycles. The van der Waals surface area contributed by atoms with Gasteiger partial charge in [0.25, 0.3) is 0 Å². The first-order chi connectivity index (χ1) is 18.7. The van der Waals surface area contributed by atoms with Crippen molar-refractivity contribution in [2.45, 2.75) is 25.8 Å². The molecule has 7 heteroatoms. The van der Waals surface area contributed by atoms with E-state index in [4.69, 9.17) is 19.2 Å². The van der Waals surface area contributed by atoms with Gasteiger partial charge in [-0.15, -0.1) is 17.0 Å². The summed E-state index contributed by atoms with van der Waals surface area (Å²) >= 11 is 1.73. The Morgan fingerprint density at radius 3 is 1.77 bits per heavy atom. The number of halogens is 1. The normalized spacial score (nSPS) is 10.9. The van der Waals surface area contributed by atoms with Gasteiger partial charge in [0.15, 0.2) is 5.17 Å². The van der Waals surface area contributed by atoms with Crippen LogP contribution in [-0.2, 0) is 18.8 Å². The number of aliphatic imine (C=N–C) groups is 1. The molecule has 39 heavy (non-hydrogen) atoms. The molecular weight excluding hydrogens is 572 g/mol. The van der Waals surface area contributed by atoms with Crippen LogP contribution in [0.15, 0.2) is 108 Å². The summed E-state index contributed by atoms with van der Waals surface area (Å²) in [6.45, 7) is 3.95. The molecule has 4 aromatic rings. The van der Waals surface area contributed by atoms with Crippen LogP contribution in [0.25, 0.3) is 0 Å². The van der Waals surface area contributed by atoms with Crippen LogP contribution >= 0.6 is 28.7 Å². The largest absolute Gasteiger partial charge is 0.497 e. The molecule has 0 unspecified atom stereocenters. The minimum absolute atomic E-state index is 0. The monoisotopic (exact) mass is 606 g/mol. The summed E-state index contributed by atoms with van der Waals surface area (Å²) in [7, 11) is 3.37. The fourth-order valence-electron chi connectivity index (χ4n) is 3.94. The second-order valence-electron chi connectivity index (χ2n) is 8.62. The molecule has 0 radical (unpaired) electrons. The summed E-state index contributed by atoms with van der Waals surface area (Å²) in [6, 6.07) is 34.9. The van der Waals surface area contributed by atoms with Gasteiger partial charge in [-0.1, -0.05) is 78.5 Å². The van der Waals surface area contributed by atoms with Crippen LogP contribution in [0.3, 0.4) is 0 Å². The zero-order valence-electron chi connectivity index (χ0n) is 22.6. The Kier molecular flexibility index (Phi) is 12.3. The van der Waals surface area contributed by atoms with E-state index in [0.717, 1.165) is 33.9 Å². The predicted octanol–water partition coefficient (Wildman–Crippen LogP) is 8.30. The summed E-state index contributed by atoms with van der Waals surface area (Å²) < 4.78 is 16.7. The third-order valence-electron chi connectivity index (χ3n) is 5.93. The van der Waals surface area contributed by atoms with E-state index in [-0.39, 0.29) is 17.0 Å². The summed E-state index contributed by atoms with van der Waals surface area (Å²) in [5.41, 5.74) is 4.41. The molecule has 0 N–H and O–H groups in total. The number of benzene rings is 4. The molecular formula is C32H35BrN2O3S. The van der Waals surface area contributed by atoms with Crippen molar-refractivity contribution in [2.75, 3.05) is 20.8 Å². The van der Waals surface area contributed by atoms with Gasteiger partial charge in [0.2, 0.25) is 0 Å². The molecule has 0 saturated carbocycles. The molecule has 0 aliphatic heterocycles. The number of nitrogens with zero attached hydrogens (tertiary/aromatic N) is 2. The van der Waals surface area contributed by atoms with E-state index < -0.39 is 0 Å². The van der Waals surface area contributed by atoms with Crippen LogP contribution in [0.1, 0.15) is 23.6 Å². The highest BCUT2D eigenvalue weighted by Crippen LogP contribution is 2.31. The lowest BCUT2D eigenvalue weighted by molar-refractivity contribution is 0.341. The van der Waals surface area contributed by atoms with Crippen molar-refractivity contribution in [1.29, 1.82) is 0 Å². The van der Waals surface area contributed by atoms with Crippen molar-refractivity contribution < 1.29 is 14.2 Å². The molecule has 0 aliphatic carbocycles. The van der Waals surface area contributed by atoms with Gasteiger partial charge in [0, 0.05) is 18.8 Å².